The predicted molar refractivity (Wildman–Crippen MR) is 76.6 cm³/mol. The smallest absolute Gasteiger partial charge is 0.256 e. The van der Waals surface area contributed by atoms with Gasteiger partial charge in [0, 0.05) is 24.4 Å². The molecule has 1 N–H and O–H groups in total. The highest BCUT2D eigenvalue weighted by molar-refractivity contribution is 5.97. The molecule has 2 heterocycles. The molecule has 1 saturated heterocycles. The minimum atomic E-state index is -0.476. The topological polar surface area (TPSA) is 49.8 Å². The number of anilines is 1. The first-order valence-corrected chi connectivity index (χ1v) is 7.47. The van der Waals surface area contributed by atoms with Gasteiger partial charge in [-0.15, -0.1) is 0 Å². The van der Waals surface area contributed by atoms with Crippen molar-refractivity contribution in [3.8, 4) is 0 Å². The molecule has 20 heavy (non-hydrogen) atoms. The number of fused-ring (bicyclic) bond motifs is 1. The highest BCUT2D eigenvalue weighted by atomic mass is 16.5. The summed E-state index contributed by atoms with van der Waals surface area (Å²) >= 11 is 0. The Kier molecular flexibility index (Phi) is 4.03. The zero-order chi connectivity index (χ0) is 13.9. The van der Waals surface area contributed by atoms with Gasteiger partial charge in [0.1, 0.15) is 6.10 Å². The molecule has 2 atom stereocenters. The van der Waals surface area contributed by atoms with Crippen LogP contribution < -0.4 is 4.90 Å². The summed E-state index contributed by atoms with van der Waals surface area (Å²) in [7, 11) is 0. The first kappa shape index (κ1) is 13.6. The number of rotatable bonds is 1. The summed E-state index contributed by atoms with van der Waals surface area (Å²) in [4.78, 5) is 14.5. The molecule has 1 aromatic carbocycles. The van der Waals surface area contributed by atoms with Gasteiger partial charge in [-0.05, 0) is 38.2 Å². The predicted octanol–water partition coefficient (Wildman–Crippen LogP) is 2.42. The normalized spacial score (nSPS) is 26.8. The number of ether oxygens (including phenoxy) is 1. The van der Waals surface area contributed by atoms with Gasteiger partial charge in [0.2, 0.25) is 0 Å². The average molecular weight is 275 g/mol. The summed E-state index contributed by atoms with van der Waals surface area (Å²) in [6, 6.07) is 7.66. The van der Waals surface area contributed by atoms with Crippen LogP contribution in [0.5, 0.6) is 0 Å². The fourth-order valence-electron chi connectivity index (χ4n) is 3.07. The van der Waals surface area contributed by atoms with Crippen molar-refractivity contribution in [3.63, 3.8) is 0 Å². The van der Waals surface area contributed by atoms with E-state index in [0.717, 1.165) is 36.9 Å². The highest BCUT2D eigenvalue weighted by Crippen LogP contribution is 2.33. The molecule has 4 nitrogen and oxygen atoms in total. The van der Waals surface area contributed by atoms with Crippen molar-refractivity contribution in [2.24, 2.45) is 0 Å². The second-order valence-electron chi connectivity index (χ2n) is 5.56. The monoisotopic (exact) mass is 275 g/mol. The Balaban J connectivity index is 1.88. The molecule has 108 valence electrons. The van der Waals surface area contributed by atoms with E-state index in [9.17, 15) is 9.90 Å². The summed E-state index contributed by atoms with van der Waals surface area (Å²) in [5, 5.41) is 10.2. The fourth-order valence-corrected chi connectivity index (χ4v) is 3.07. The van der Waals surface area contributed by atoms with Crippen LogP contribution in [0.1, 0.15) is 43.8 Å². The molecule has 0 aromatic heterocycles. The van der Waals surface area contributed by atoms with E-state index in [4.69, 9.17) is 4.74 Å². The van der Waals surface area contributed by atoms with Crippen molar-refractivity contribution in [1.82, 2.24) is 0 Å². The number of nitrogens with zero attached hydrogens (tertiary/aromatic N) is 1. The van der Waals surface area contributed by atoms with Crippen LogP contribution in [0.3, 0.4) is 0 Å². The molecule has 0 bridgehead atoms. The average Bonchev–Trinajstić information content (AvgIpc) is 2.67. The third-order valence-corrected chi connectivity index (χ3v) is 4.17. The lowest BCUT2D eigenvalue weighted by Gasteiger charge is -2.29. The number of carbonyl (C=O) groups excluding carboxylic acids is 1. The molecule has 2 aliphatic heterocycles. The van der Waals surface area contributed by atoms with Gasteiger partial charge in [0.05, 0.1) is 6.10 Å². The molecule has 0 spiro atoms. The largest absolute Gasteiger partial charge is 0.388 e. The van der Waals surface area contributed by atoms with Gasteiger partial charge in [0.15, 0.2) is 0 Å². The summed E-state index contributed by atoms with van der Waals surface area (Å²) in [6.07, 6.45) is 3.62. The van der Waals surface area contributed by atoms with Crippen LogP contribution >= 0.6 is 0 Å². The number of aliphatic hydroxyl groups excluding tert-OH is 1. The van der Waals surface area contributed by atoms with E-state index in [1.165, 1.54) is 0 Å². The van der Waals surface area contributed by atoms with Gasteiger partial charge in [0.25, 0.3) is 5.91 Å². The van der Waals surface area contributed by atoms with E-state index in [1.807, 2.05) is 29.2 Å². The lowest BCUT2D eigenvalue weighted by molar-refractivity contribution is -0.132. The fraction of sp³-hybridized carbons (Fsp3) is 0.562. The summed E-state index contributed by atoms with van der Waals surface area (Å²) in [6.45, 7) is 1.33. The van der Waals surface area contributed by atoms with Crippen molar-refractivity contribution < 1.29 is 14.6 Å². The van der Waals surface area contributed by atoms with Gasteiger partial charge >= 0.3 is 0 Å². The first-order chi connectivity index (χ1) is 9.77. The van der Waals surface area contributed by atoms with Crippen LogP contribution in [0.25, 0.3) is 0 Å². The maximum Gasteiger partial charge on any atom is 0.256 e. The number of amides is 1. The molecule has 2 aliphatic rings. The molecular weight excluding hydrogens is 254 g/mol. The maximum atomic E-state index is 12.7. The lowest BCUT2D eigenvalue weighted by Crippen LogP contribution is -2.42. The summed E-state index contributed by atoms with van der Waals surface area (Å²) < 4.78 is 5.62. The Morgan fingerprint density at radius 3 is 2.85 bits per heavy atom. The van der Waals surface area contributed by atoms with Gasteiger partial charge in [-0.3, -0.25) is 4.79 Å². The Morgan fingerprint density at radius 1 is 1.20 bits per heavy atom. The summed E-state index contributed by atoms with van der Waals surface area (Å²) in [5.74, 6) is 0.0475. The number of carbonyl (C=O) groups is 1. The quantitative estimate of drug-likeness (QED) is 0.856. The van der Waals surface area contributed by atoms with Crippen molar-refractivity contribution in [2.45, 2.75) is 44.3 Å². The molecule has 4 heteroatoms. The number of para-hydroxylation sites is 1. The summed E-state index contributed by atoms with van der Waals surface area (Å²) in [5.41, 5.74) is 1.70. The molecule has 1 aromatic rings. The van der Waals surface area contributed by atoms with Gasteiger partial charge in [-0.25, -0.2) is 0 Å². The molecule has 2 unspecified atom stereocenters. The Labute approximate surface area is 119 Å². The second-order valence-corrected chi connectivity index (χ2v) is 5.56. The third-order valence-electron chi connectivity index (χ3n) is 4.17. The molecular formula is C16H21NO3. The van der Waals surface area contributed by atoms with Crippen molar-refractivity contribution in [1.29, 1.82) is 0 Å². The number of hydrogen-bond acceptors (Lipinski definition) is 3. The number of aliphatic hydroxyl groups is 1. The molecule has 0 radical (unpaired) electrons. The van der Waals surface area contributed by atoms with Crippen LogP contribution in [0, 0.1) is 0 Å². The Bertz CT molecular complexity index is 482. The van der Waals surface area contributed by atoms with Crippen molar-refractivity contribution >= 4 is 11.6 Å². The van der Waals surface area contributed by atoms with E-state index in [2.05, 4.69) is 0 Å². The maximum absolute atomic E-state index is 12.7. The molecule has 1 fully saturated rings. The number of hydrogen-bond donors (Lipinski definition) is 1. The first-order valence-electron chi connectivity index (χ1n) is 7.47. The van der Waals surface area contributed by atoms with Crippen molar-refractivity contribution in [3.05, 3.63) is 29.8 Å². The van der Waals surface area contributed by atoms with Crippen LogP contribution in [-0.4, -0.2) is 30.3 Å². The zero-order valence-electron chi connectivity index (χ0n) is 11.6. The van der Waals surface area contributed by atoms with Crippen LogP contribution in [0.4, 0.5) is 5.69 Å². The van der Waals surface area contributed by atoms with Crippen LogP contribution in [-0.2, 0) is 9.53 Å². The van der Waals surface area contributed by atoms with E-state index >= 15 is 0 Å². The van der Waals surface area contributed by atoms with Gasteiger partial charge in [-0.1, -0.05) is 18.2 Å². The minimum Gasteiger partial charge on any atom is -0.388 e. The van der Waals surface area contributed by atoms with E-state index < -0.39 is 6.10 Å². The molecule has 3 rings (SSSR count). The van der Waals surface area contributed by atoms with Crippen molar-refractivity contribution in [2.75, 3.05) is 18.1 Å². The van der Waals surface area contributed by atoms with Crippen LogP contribution in [0.15, 0.2) is 24.3 Å². The molecule has 1 amide bonds. The van der Waals surface area contributed by atoms with Gasteiger partial charge in [-0.2, -0.15) is 0 Å². The lowest BCUT2D eigenvalue weighted by atomic mass is 10.0. The van der Waals surface area contributed by atoms with E-state index in [1.54, 1.807) is 0 Å². The highest BCUT2D eigenvalue weighted by Gasteiger charge is 2.31. The standard InChI is InChI=1S/C16H21NO3/c18-14-8-5-10-17(13-7-2-1-6-12(13)14)16(19)15-9-3-4-11-20-15/h1-2,6-7,14-15,18H,3-5,8-11H2. The molecule has 0 aliphatic carbocycles. The Morgan fingerprint density at radius 2 is 2.05 bits per heavy atom. The van der Waals surface area contributed by atoms with E-state index in [0.29, 0.717) is 19.6 Å². The van der Waals surface area contributed by atoms with Gasteiger partial charge < -0.3 is 14.7 Å². The van der Waals surface area contributed by atoms with Crippen LogP contribution in [0.2, 0.25) is 0 Å². The number of benzene rings is 1. The zero-order valence-corrected chi connectivity index (χ0v) is 11.6. The third kappa shape index (κ3) is 2.58. The minimum absolute atomic E-state index is 0.0475. The molecule has 0 saturated carbocycles. The SMILES string of the molecule is O=C(C1CCCCO1)N1CCCC(O)c2ccccc21. The van der Waals surface area contributed by atoms with E-state index in [-0.39, 0.29) is 12.0 Å². The Hall–Kier alpha value is -1.39. The second kappa shape index (κ2) is 5.94.